The highest BCUT2D eigenvalue weighted by Gasteiger charge is 2.51. The number of hydrogen-bond acceptors (Lipinski definition) is 3. The molecule has 4 rings (SSSR count). The van der Waals surface area contributed by atoms with E-state index in [0.717, 1.165) is 19.3 Å². The molecule has 1 saturated carbocycles. The third-order valence-corrected chi connectivity index (χ3v) is 5.78. The minimum absolute atomic E-state index is 0.147. The molecule has 1 amide bonds. The van der Waals surface area contributed by atoms with Crippen LogP contribution in [0.1, 0.15) is 51.9 Å². The number of nitrogens with one attached hydrogen (secondary N) is 1. The lowest BCUT2D eigenvalue weighted by Crippen LogP contribution is -2.43. The number of aromatic nitrogens is 2. The van der Waals surface area contributed by atoms with Crippen molar-refractivity contribution in [3.8, 4) is 11.3 Å². The van der Waals surface area contributed by atoms with Gasteiger partial charge in [0.15, 0.2) is 0 Å². The molecular weight excluding hydrogens is 413 g/mol. The Morgan fingerprint density at radius 3 is 2.85 bits per heavy atom. The lowest BCUT2D eigenvalue weighted by Gasteiger charge is -2.35. The standard InChI is InChI=1S/C20H23BrFN3O2/c1-20(2,3)27-19(26)25-13-6-4-11(8-13)17(25)18-23-10-16(24-18)14-7-5-12(21)9-15(14)22/h5,7,9-11,13,17H,4,6,8H2,1-3H3,(H,23,24)/t11-,13-,17-/m0/s1. The number of likely N-dealkylation sites (tertiary alicyclic amines) is 1. The summed E-state index contributed by atoms with van der Waals surface area (Å²) >= 11 is 3.27. The molecule has 0 spiro atoms. The molecule has 2 bridgehead atoms. The quantitative estimate of drug-likeness (QED) is 0.682. The Kier molecular flexibility index (Phi) is 4.53. The van der Waals surface area contributed by atoms with Crippen LogP contribution in [0.15, 0.2) is 28.9 Å². The van der Waals surface area contributed by atoms with Gasteiger partial charge < -0.3 is 9.72 Å². The van der Waals surface area contributed by atoms with Crippen molar-refractivity contribution < 1.29 is 13.9 Å². The van der Waals surface area contributed by atoms with E-state index in [1.54, 1.807) is 18.3 Å². The number of piperidine rings is 1. The highest BCUT2D eigenvalue weighted by molar-refractivity contribution is 9.10. The monoisotopic (exact) mass is 435 g/mol. The number of fused-ring (bicyclic) bond motifs is 2. The second kappa shape index (κ2) is 6.62. The van der Waals surface area contributed by atoms with Crippen LogP contribution >= 0.6 is 15.9 Å². The second-order valence-electron chi connectivity index (χ2n) is 8.37. The van der Waals surface area contributed by atoms with Gasteiger partial charge in [-0.15, -0.1) is 0 Å². The lowest BCUT2D eigenvalue weighted by atomic mass is 9.98. The van der Waals surface area contributed by atoms with Gasteiger partial charge in [0, 0.05) is 16.1 Å². The smallest absolute Gasteiger partial charge is 0.411 e. The molecule has 2 aromatic rings. The third kappa shape index (κ3) is 3.49. The summed E-state index contributed by atoms with van der Waals surface area (Å²) in [5, 5.41) is 0. The van der Waals surface area contributed by atoms with Gasteiger partial charge in [0.05, 0.1) is 17.9 Å². The van der Waals surface area contributed by atoms with Crippen molar-refractivity contribution in [2.45, 2.75) is 57.7 Å². The maximum atomic E-state index is 14.3. The highest BCUT2D eigenvalue weighted by Crippen LogP contribution is 2.50. The van der Waals surface area contributed by atoms with E-state index in [2.05, 4.69) is 25.9 Å². The first-order valence-corrected chi connectivity index (χ1v) is 10.0. The van der Waals surface area contributed by atoms with E-state index in [4.69, 9.17) is 4.74 Å². The molecule has 5 nitrogen and oxygen atoms in total. The molecule has 1 aliphatic carbocycles. The number of hydrogen-bond donors (Lipinski definition) is 1. The van der Waals surface area contributed by atoms with E-state index in [9.17, 15) is 9.18 Å². The number of halogens is 2. The maximum Gasteiger partial charge on any atom is 0.411 e. The molecule has 144 valence electrons. The van der Waals surface area contributed by atoms with Gasteiger partial charge in [-0.05, 0) is 64.2 Å². The van der Waals surface area contributed by atoms with Gasteiger partial charge in [-0.1, -0.05) is 15.9 Å². The van der Waals surface area contributed by atoms with Crippen LogP contribution in [0.25, 0.3) is 11.3 Å². The number of carbonyl (C=O) groups is 1. The van der Waals surface area contributed by atoms with Crippen molar-refractivity contribution in [1.82, 2.24) is 14.9 Å². The van der Waals surface area contributed by atoms with Crippen LogP contribution in [0.2, 0.25) is 0 Å². The molecule has 2 heterocycles. The fourth-order valence-electron chi connectivity index (χ4n) is 4.25. The zero-order valence-electron chi connectivity index (χ0n) is 15.6. The van der Waals surface area contributed by atoms with Gasteiger partial charge >= 0.3 is 6.09 Å². The molecule has 1 aromatic carbocycles. The van der Waals surface area contributed by atoms with Crippen LogP contribution in [0.3, 0.4) is 0 Å². The fourth-order valence-corrected chi connectivity index (χ4v) is 4.58. The fraction of sp³-hybridized carbons (Fsp3) is 0.500. The average Bonchev–Trinajstić information content (AvgIpc) is 3.28. The van der Waals surface area contributed by atoms with Crippen molar-refractivity contribution in [3.63, 3.8) is 0 Å². The molecule has 2 fully saturated rings. The Bertz CT molecular complexity index is 876. The first kappa shape index (κ1) is 18.5. The number of H-pyrrole nitrogens is 1. The molecule has 27 heavy (non-hydrogen) atoms. The first-order valence-electron chi connectivity index (χ1n) is 9.24. The van der Waals surface area contributed by atoms with Crippen LogP contribution in [-0.2, 0) is 4.74 Å². The van der Waals surface area contributed by atoms with E-state index in [0.29, 0.717) is 27.5 Å². The predicted molar refractivity (Wildman–Crippen MR) is 104 cm³/mol. The van der Waals surface area contributed by atoms with Crippen molar-refractivity contribution in [1.29, 1.82) is 0 Å². The van der Waals surface area contributed by atoms with Gasteiger partial charge in [0.25, 0.3) is 0 Å². The van der Waals surface area contributed by atoms with E-state index < -0.39 is 5.60 Å². The van der Waals surface area contributed by atoms with Crippen LogP contribution in [0.4, 0.5) is 9.18 Å². The van der Waals surface area contributed by atoms with E-state index in [-0.39, 0.29) is 24.0 Å². The largest absolute Gasteiger partial charge is 0.444 e. The van der Waals surface area contributed by atoms with Crippen LogP contribution in [0.5, 0.6) is 0 Å². The summed E-state index contributed by atoms with van der Waals surface area (Å²) < 4.78 is 20.6. The number of nitrogens with zero attached hydrogens (tertiary/aromatic N) is 2. The molecule has 3 atom stereocenters. The molecule has 7 heteroatoms. The molecule has 0 unspecified atom stereocenters. The van der Waals surface area contributed by atoms with Crippen LogP contribution in [0, 0.1) is 11.7 Å². The summed E-state index contributed by atoms with van der Waals surface area (Å²) in [4.78, 5) is 22.4. The Morgan fingerprint density at radius 2 is 2.15 bits per heavy atom. The van der Waals surface area contributed by atoms with Crippen molar-refractivity contribution >= 4 is 22.0 Å². The molecule has 1 aromatic heterocycles. The lowest BCUT2D eigenvalue weighted by molar-refractivity contribution is 0.00620. The minimum Gasteiger partial charge on any atom is -0.444 e. The molecule has 0 radical (unpaired) electrons. The van der Waals surface area contributed by atoms with Crippen molar-refractivity contribution in [3.05, 3.63) is 40.5 Å². The summed E-state index contributed by atoms with van der Waals surface area (Å²) in [6, 6.07) is 4.98. The van der Waals surface area contributed by atoms with Crippen LogP contribution < -0.4 is 0 Å². The number of ether oxygens (including phenoxy) is 1. The molecule has 1 N–H and O–H groups in total. The number of aromatic amines is 1. The highest BCUT2D eigenvalue weighted by atomic mass is 79.9. The van der Waals surface area contributed by atoms with E-state index in [1.165, 1.54) is 6.07 Å². The van der Waals surface area contributed by atoms with Crippen LogP contribution in [-0.4, -0.2) is 32.6 Å². The number of benzene rings is 1. The van der Waals surface area contributed by atoms with Gasteiger partial charge in [0.1, 0.15) is 17.2 Å². The molecule has 1 aliphatic heterocycles. The Morgan fingerprint density at radius 1 is 1.37 bits per heavy atom. The number of imidazole rings is 1. The summed E-state index contributed by atoms with van der Waals surface area (Å²) in [7, 11) is 0. The SMILES string of the molecule is CC(C)(C)OC(=O)N1[C@H]2CC[C@@H](C2)[C@H]1c1ncc(-c2ccc(Br)cc2F)[nH]1. The maximum absolute atomic E-state index is 14.3. The third-order valence-electron chi connectivity index (χ3n) is 5.29. The molecular formula is C20H23BrFN3O2. The first-order chi connectivity index (χ1) is 12.7. The van der Waals surface area contributed by atoms with Gasteiger partial charge in [-0.3, -0.25) is 4.90 Å². The number of amides is 1. The van der Waals surface area contributed by atoms with E-state index >= 15 is 0 Å². The topological polar surface area (TPSA) is 58.2 Å². The van der Waals surface area contributed by atoms with E-state index in [1.807, 2.05) is 25.7 Å². The van der Waals surface area contributed by atoms with Gasteiger partial charge in [-0.2, -0.15) is 0 Å². The van der Waals surface area contributed by atoms with Crippen molar-refractivity contribution in [2.24, 2.45) is 5.92 Å². The Labute approximate surface area is 166 Å². The Balaban J connectivity index is 1.64. The van der Waals surface area contributed by atoms with Crippen molar-refractivity contribution in [2.75, 3.05) is 0 Å². The summed E-state index contributed by atoms with van der Waals surface area (Å²) in [5.41, 5.74) is 0.532. The molecule has 2 aliphatic rings. The number of rotatable bonds is 2. The number of carbonyl (C=O) groups excluding carboxylic acids is 1. The normalized spacial score (nSPS) is 24.5. The average molecular weight is 436 g/mol. The van der Waals surface area contributed by atoms with Gasteiger partial charge in [0.2, 0.25) is 0 Å². The van der Waals surface area contributed by atoms with Gasteiger partial charge in [-0.25, -0.2) is 14.2 Å². The zero-order valence-corrected chi connectivity index (χ0v) is 17.2. The second-order valence-corrected chi connectivity index (χ2v) is 9.28. The summed E-state index contributed by atoms with van der Waals surface area (Å²) in [5.74, 6) is 0.734. The Hall–Kier alpha value is -1.89. The molecule has 1 saturated heterocycles. The zero-order chi connectivity index (χ0) is 19.3. The summed E-state index contributed by atoms with van der Waals surface area (Å²) in [6.07, 6.45) is 4.37. The summed E-state index contributed by atoms with van der Waals surface area (Å²) in [6.45, 7) is 5.61. The predicted octanol–water partition coefficient (Wildman–Crippen LogP) is 5.44. The minimum atomic E-state index is -0.543.